The standard InChI is InChI=1S/C22H19N3O4/c1-2-28-22(27)21-20(13-25(24-21)15-8-4-3-5-9-15)29-14-19(26)17-12-23-18-11-7-6-10-16(17)18/h3-13,23H,2,14H2,1H3. The Morgan fingerprint density at radius 2 is 1.83 bits per heavy atom. The van der Waals surface area contributed by atoms with Crippen LogP contribution in [0.5, 0.6) is 5.75 Å². The van der Waals surface area contributed by atoms with Crippen molar-refractivity contribution >= 4 is 22.7 Å². The lowest BCUT2D eigenvalue weighted by molar-refractivity contribution is 0.0513. The first kappa shape index (κ1) is 18.5. The van der Waals surface area contributed by atoms with E-state index in [1.807, 2.05) is 54.6 Å². The first-order valence-electron chi connectivity index (χ1n) is 9.21. The zero-order valence-corrected chi connectivity index (χ0v) is 15.8. The number of nitrogens with one attached hydrogen (secondary N) is 1. The number of fused-ring (bicyclic) bond motifs is 1. The summed E-state index contributed by atoms with van der Waals surface area (Å²) in [7, 11) is 0. The zero-order valence-electron chi connectivity index (χ0n) is 15.8. The lowest BCUT2D eigenvalue weighted by Gasteiger charge is -2.05. The number of esters is 1. The van der Waals surface area contributed by atoms with E-state index in [0.717, 1.165) is 16.6 Å². The number of nitrogens with zero attached hydrogens (tertiary/aromatic N) is 2. The summed E-state index contributed by atoms with van der Waals surface area (Å²) < 4.78 is 12.3. The Morgan fingerprint density at radius 1 is 1.07 bits per heavy atom. The number of para-hydroxylation sites is 2. The number of aromatic amines is 1. The Bertz CT molecular complexity index is 1160. The predicted octanol–water partition coefficient (Wildman–Crippen LogP) is 3.79. The molecular formula is C22H19N3O4. The molecule has 0 aliphatic heterocycles. The highest BCUT2D eigenvalue weighted by Gasteiger charge is 2.22. The number of rotatable bonds is 7. The van der Waals surface area contributed by atoms with Crippen LogP contribution in [-0.4, -0.2) is 39.7 Å². The molecule has 2 aromatic carbocycles. The number of hydrogen-bond acceptors (Lipinski definition) is 5. The number of carbonyl (C=O) groups is 2. The van der Waals surface area contributed by atoms with Crippen molar-refractivity contribution < 1.29 is 19.1 Å². The Balaban J connectivity index is 1.59. The number of hydrogen-bond donors (Lipinski definition) is 1. The van der Waals surface area contributed by atoms with Gasteiger partial charge in [-0.3, -0.25) is 4.79 Å². The third-order valence-corrected chi connectivity index (χ3v) is 4.42. The smallest absolute Gasteiger partial charge is 0.362 e. The number of ketones is 1. The summed E-state index contributed by atoms with van der Waals surface area (Å²) in [5.74, 6) is -0.609. The highest BCUT2D eigenvalue weighted by atomic mass is 16.5. The van der Waals surface area contributed by atoms with Gasteiger partial charge in [-0.25, -0.2) is 9.48 Å². The minimum Gasteiger partial charge on any atom is -0.481 e. The van der Waals surface area contributed by atoms with Crippen molar-refractivity contribution in [2.75, 3.05) is 13.2 Å². The van der Waals surface area contributed by atoms with E-state index in [4.69, 9.17) is 9.47 Å². The number of Topliss-reactive ketones (excluding diaryl/α,β-unsaturated/α-hetero) is 1. The third kappa shape index (κ3) is 3.75. The third-order valence-electron chi connectivity index (χ3n) is 4.42. The first-order chi connectivity index (χ1) is 14.2. The van der Waals surface area contributed by atoms with Crippen LogP contribution in [0.2, 0.25) is 0 Å². The molecule has 4 aromatic rings. The van der Waals surface area contributed by atoms with E-state index in [-0.39, 0.29) is 30.4 Å². The van der Waals surface area contributed by atoms with Gasteiger partial charge in [-0.2, -0.15) is 5.10 Å². The van der Waals surface area contributed by atoms with Gasteiger partial charge in [-0.1, -0.05) is 36.4 Å². The Morgan fingerprint density at radius 3 is 2.62 bits per heavy atom. The topological polar surface area (TPSA) is 86.2 Å². The summed E-state index contributed by atoms with van der Waals surface area (Å²) >= 11 is 0. The molecule has 0 radical (unpaired) electrons. The Hall–Kier alpha value is -3.87. The molecule has 0 atom stereocenters. The lowest BCUT2D eigenvalue weighted by atomic mass is 10.1. The number of ether oxygens (including phenoxy) is 2. The molecule has 0 saturated carbocycles. The van der Waals surface area contributed by atoms with Crippen LogP contribution < -0.4 is 4.74 Å². The largest absolute Gasteiger partial charge is 0.481 e. The van der Waals surface area contributed by atoms with Crippen LogP contribution in [-0.2, 0) is 4.74 Å². The van der Waals surface area contributed by atoms with Crippen LogP contribution in [0.15, 0.2) is 67.0 Å². The molecule has 0 fully saturated rings. The molecule has 0 spiro atoms. The van der Waals surface area contributed by atoms with Crippen LogP contribution in [0.3, 0.4) is 0 Å². The van der Waals surface area contributed by atoms with Crippen LogP contribution in [0.25, 0.3) is 16.6 Å². The zero-order chi connectivity index (χ0) is 20.2. The van der Waals surface area contributed by atoms with Crippen molar-refractivity contribution in [1.29, 1.82) is 0 Å². The molecule has 0 bridgehead atoms. The minimum atomic E-state index is -0.600. The second kappa shape index (κ2) is 8.02. The fraction of sp³-hybridized carbons (Fsp3) is 0.136. The molecule has 0 saturated heterocycles. The van der Waals surface area contributed by atoms with Crippen molar-refractivity contribution in [2.45, 2.75) is 6.92 Å². The summed E-state index contributed by atoms with van der Waals surface area (Å²) in [6.07, 6.45) is 3.24. The van der Waals surface area contributed by atoms with E-state index in [2.05, 4.69) is 10.1 Å². The van der Waals surface area contributed by atoms with Crippen molar-refractivity contribution in [3.05, 3.63) is 78.2 Å². The lowest BCUT2D eigenvalue weighted by Crippen LogP contribution is -2.13. The molecule has 7 heteroatoms. The van der Waals surface area contributed by atoms with E-state index in [1.54, 1.807) is 19.3 Å². The molecule has 29 heavy (non-hydrogen) atoms. The summed E-state index contributed by atoms with van der Waals surface area (Å²) in [6.45, 7) is 1.70. The maximum atomic E-state index is 12.7. The van der Waals surface area contributed by atoms with E-state index in [1.165, 1.54) is 4.68 Å². The quantitative estimate of drug-likeness (QED) is 0.384. The number of aromatic nitrogens is 3. The van der Waals surface area contributed by atoms with Crippen molar-refractivity contribution in [3.63, 3.8) is 0 Å². The highest BCUT2D eigenvalue weighted by Crippen LogP contribution is 2.23. The first-order valence-corrected chi connectivity index (χ1v) is 9.21. The fourth-order valence-electron chi connectivity index (χ4n) is 3.04. The predicted molar refractivity (Wildman–Crippen MR) is 108 cm³/mol. The van der Waals surface area contributed by atoms with Crippen LogP contribution in [0.1, 0.15) is 27.8 Å². The van der Waals surface area contributed by atoms with E-state index in [9.17, 15) is 9.59 Å². The van der Waals surface area contributed by atoms with Gasteiger partial charge < -0.3 is 14.5 Å². The minimum absolute atomic E-state index is 0.0300. The van der Waals surface area contributed by atoms with Gasteiger partial charge in [0.15, 0.2) is 12.4 Å². The number of H-pyrrole nitrogens is 1. The van der Waals surface area contributed by atoms with Gasteiger partial charge in [0.1, 0.15) is 0 Å². The van der Waals surface area contributed by atoms with Gasteiger partial charge >= 0.3 is 5.97 Å². The van der Waals surface area contributed by atoms with Crippen LogP contribution in [0, 0.1) is 0 Å². The monoisotopic (exact) mass is 389 g/mol. The van der Waals surface area contributed by atoms with Crippen LogP contribution in [0.4, 0.5) is 0 Å². The van der Waals surface area contributed by atoms with Crippen molar-refractivity contribution in [3.8, 4) is 11.4 Å². The average Bonchev–Trinajstić information content (AvgIpc) is 3.37. The molecule has 1 N–H and O–H groups in total. The van der Waals surface area contributed by atoms with Gasteiger partial charge in [0.2, 0.25) is 11.5 Å². The van der Waals surface area contributed by atoms with Gasteiger partial charge in [-0.05, 0) is 25.1 Å². The van der Waals surface area contributed by atoms with Gasteiger partial charge in [0.25, 0.3) is 0 Å². The summed E-state index contributed by atoms with van der Waals surface area (Å²) in [6, 6.07) is 16.8. The maximum absolute atomic E-state index is 12.7. The van der Waals surface area contributed by atoms with E-state index < -0.39 is 5.97 Å². The average molecular weight is 389 g/mol. The molecule has 0 unspecified atom stereocenters. The van der Waals surface area contributed by atoms with Crippen molar-refractivity contribution in [2.24, 2.45) is 0 Å². The SMILES string of the molecule is CCOC(=O)c1nn(-c2ccccc2)cc1OCC(=O)c1c[nH]c2ccccc12. The molecule has 0 aliphatic rings. The molecule has 0 aliphatic carbocycles. The highest BCUT2D eigenvalue weighted by molar-refractivity contribution is 6.08. The van der Waals surface area contributed by atoms with Crippen LogP contribution >= 0.6 is 0 Å². The Labute approximate surface area is 166 Å². The van der Waals surface area contributed by atoms with E-state index >= 15 is 0 Å². The summed E-state index contributed by atoms with van der Waals surface area (Å²) in [5.41, 5.74) is 2.20. The van der Waals surface area contributed by atoms with E-state index in [0.29, 0.717) is 5.56 Å². The molecule has 2 heterocycles. The summed E-state index contributed by atoms with van der Waals surface area (Å²) in [5, 5.41) is 5.11. The molecule has 2 aromatic heterocycles. The normalized spacial score (nSPS) is 10.8. The summed E-state index contributed by atoms with van der Waals surface area (Å²) in [4.78, 5) is 28.1. The number of benzene rings is 2. The van der Waals surface area contributed by atoms with Gasteiger partial charge in [0.05, 0.1) is 18.5 Å². The molecule has 146 valence electrons. The second-order valence-corrected chi connectivity index (χ2v) is 6.30. The maximum Gasteiger partial charge on any atom is 0.362 e. The number of carbonyl (C=O) groups excluding carboxylic acids is 2. The van der Waals surface area contributed by atoms with Crippen molar-refractivity contribution in [1.82, 2.24) is 14.8 Å². The van der Waals surface area contributed by atoms with Gasteiger partial charge in [-0.15, -0.1) is 0 Å². The second-order valence-electron chi connectivity index (χ2n) is 6.30. The van der Waals surface area contributed by atoms with Gasteiger partial charge in [0, 0.05) is 22.7 Å². The molecule has 7 nitrogen and oxygen atoms in total. The molecule has 4 rings (SSSR count). The molecular weight excluding hydrogens is 370 g/mol. The molecule has 0 amide bonds. The Kier molecular flexibility index (Phi) is 5.11. The fourth-order valence-corrected chi connectivity index (χ4v) is 3.04.